The van der Waals surface area contributed by atoms with Gasteiger partial charge in [-0.25, -0.2) is 14.2 Å². The number of carbonyl (C=O) groups is 1. The number of hydrogen-bond acceptors (Lipinski definition) is 3. The summed E-state index contributed by atoms with van der Waals surface area (Å²) in [6.07, 6.45) is 0. The first-order valence-electron chi connectivity index (χ1n) is 6.98. The van der Waals surface area contributed by atoms with Crippen molar-refractivity contribution in [3.8, 4) is 17.0 Å². The van der Waals surface area contributed by atoms with Crippen molar-refractivity contribution in [3.05, 3.63) is 59.4 Å². The molecule has 0 saturated carbocycles. The average molecular weight is 311 g/mol. The molecule has 1 aromatic heterocycles. The van der Waals surface area contributed by atoms with E-state index in [0.717, 1.165) is 16.9 Å². The van der Waals surface area contributed by atoms with E-state index in [2.05, 4.69) is 4.98 Å². The number of benzene rings is 2. The predicted octanol–water partition coefficient (Wildman–Crippen LogP) is 4.06. The molecule has 4 nitrogen and oxygen atoms in total. The summed E-state index contributed by atoms with van der Waals surface area (Å²) in [5.74, 6) is -0.862. The van der Waals surface area contributed by atoms with Crippen molar-refractivity contribution in [2.75, 3.05) is 7.11 Å². The minimum Gasteiger partial charge on any atom is -0.496 e. The molecular weight excluding hydrogens is 297 g/mol. The number of halogens is 1. The summed E-state index contributed by atoms with van der Waals surface area (Å²) in [4.78, 5) is 16.0. The molecule has 23 heavy (non-hydrogen) atoms. The molecule has 0 atom stereocenters. The Morgan fingerprint density at radius 2 is 1.96 bits per heavy atom. The number of hydrogen-bond donors (Lipinski definition) is 1. The Balaban J connectivity index is 2.24. The van der Waals surface area contributed by atoms with E-state index in [9.17, 15) is 14.3 Å². The van der Waals surface area contributed by atoms with Crippen LogP contribution in [0.2, 0.25) is 0 Å². The number of ether oxygens (including phenoxy) is 1. The first-order valence-corrected chi connectivity index (χ1v) is 6.98. The van der Waals surface area contributed by atoms with Crippen molar-refractivity contribution in [1.29, 1.82) is 0 Å². The van der Waals surface area contributed by atoms with E-state index in [0.29, 0.717) is 11.2 Å². The van der Waals surface area contributed by atoms with Gasteiger partial charge >= 0.3 is 5.97 Å². The van der Waals surface area contributed by atoms with Crippen LogP contribution in [0.25, 0.3) is 22.2 Å². The second kappa shape index (κ2) is 5.68. The van der Waals surface area contributed by atoms with Crippen molar-refractivity contribution < 1.29 is 19.0 Å². The molecule has 0 bridgehead atoms. The molecule has 0 fully saturated rings. The van der Waals surface area contributed by atoms with Gasteiger partial charge in [-0.3, -0.25) is 0 Å². The molecule has 0 unspecified atom stereocenters. The summed E-state index contributed by atoms with van der Waals surface area (Å²) in [6, 6.07) is 10.9. The van der Waals surface area contributed by atoms with Crippen LogP contribution in [0.4, 0.5) is 4.39 Å². The van der Waals surface area contributed by atoms with Crippen LogP contribution in [-0.4, -0.2) is 23.2 Å². The van der Waals surface area contributed by atoms with Crippen molar-refractivity contribution in [3.63, 3.8) is 0 Å². The molecule has 116 valence electrons. The first-order chi connectivity index (χ1) is 11.0. The zero-order chi connectivity index (χ0) is 16.6. The van der Waals surface area contributed by atoms with Gasteiger partial charge in [0.15, 0.2) is 0 Å². The highest BCUT2D eigenvalue weighted by Gasteiger charge is 2.14. The highest BCUT2D eigenvalue weighted by atomic mass is 19.1. The maximum Gasteiger partial charge on any atom is 0.336 e. The number of rotatable bonds is 3. The van der Waals surface area contributed by atoms with E-state index in [1.54, 1.807) is 7.11 Å². The number of fused-ring (bicyclic) bond motifs is 1. The van der Waals surface area contributed by atoms with E-state index in [4.69, 9.17) is 4.74 Å². The van der Waals surface area contributed by atoms with E-state index in [-0.39, 0.29) is 10.9 Å². The Labute approximate surface area is 132 Å². The Hall–Kier alpha value is -2.95. The maximum absolute atomic E-state index is 13.4. The number of aromatic nitrogens is 1. The number of nitrogens with zero attached hydrogens (tertiary/aromatic N) is 1. The van der Waals surface area contributed by atoms with Gasteiger partial charge in [0.05, 0.1) is 23.9 Å². The van der Waals surface area contributed by atoms with Crippen LogP contribution in [0.5, 0.6) is 5.75 Å². The van der Waals surface area contributed by atoms with Crippen LogP contribution in [0.3, 0.4) is 0 Å². The van der Waals surface area contributed by atoms with Gasteiger partial charge in [0.2, 0.25) is 0 Å². The highest BCUT2D eigenvalue weighted by molar-refractivity contribution is 6.03. The Morgan fingerprint density at radius 1 is 1.17 bits per heavy atom. The number of aromatic carboxylic acids is 1. The molecular formula is C18H14FNO3. The SMILES string of the molecule is COc1ccc(-c2cc(C(=O)O)c3cc(F)ccc3n2)cc1C. The summed E-state index contributed by atoms with van der Waals surface area (Å²) < 4.78 is 18.6. The summed E-state index contributed by atoms with van der Waals surface area (Å²) in [5.41, 5.74) is 2.68. The second-order valence-corrected chi connectivity index (χ2v) is 5.21. The number of carboxylic acids is 1. The highest BCUT2D eigenvalue weighted by Crippen LogP contribution is 2.28. The third-order valence-electron chi connectivity index (χ3n) is 3.69. The molecule has 3 aromatic rings. The van der Waals surface area contributed by atoms with Gasteiger partial charge in [-0.05, 0) is 55.0 Å². The fraction of sp³-hybridized carbons (Fsp3) is 0.111. The van der Waals surface area contributed by atoms with Crippen molar-refractivity contribution in [1.82, 2.24) is 4.98 Å². The lowest BCUT2D eigenvalue weighted by Crippen LogP contribution is -2.01. The molecule has 3 rings (SSSR count). The van der Waals surface area contributed by atoms with Gasteiger partial charge in [-0.2, -0.15) is 0 Å². The van der Waals surface area contributed by atoms with Crippen LogP contribution >= 0.6 is 0 Å². The molecule has 5 heteroatoms. The predicted molar refractivity (Wildman–Crippen MR) is 85.4 cm³/mol. The summed E-state index contributed by atoms with van der Waals surface area (Å²) in [6.45, 7) is 1.90. The van der Waals surface area contributed by atoms with Crippen LogP contribution in [0, 0.1) is 12.7 Å². The molecule has 0 aliphatic heterocycles. The zero-order valence-corrected chi connectivity index (χ0v) is 12.6. The Bertz CT molecular complexity index is 922. The van der Waals surface area contributed by atoms with Gasteiger partial charge in [-0.1, -0.05) is 0 Å². The molecule has 1 N–H and O–H groups in total. The van der Waals surface area contributed by atoms with Gasteiger partial charge in [0.1, 0.15) is 11.6 Å². The van der Waals surface area contributed by atoms with E-state index >= 15 is 0 Å². The topological polar surface area (TPSA) is 59.4 Å². The quantitative estimate of drug-likeness (QED) is 0.792. The first kappa shape index (κ1) is 15.0. The van der Waals surface area contributed by atoms with Crippen LogP contribution in [0.1, 0.15) is 15.9 Å². The summed E-state index contributed by atoms with van der Waals surface area (Å²) >= 11 is 0. The van der Waals surface area contributed by atoms with Gasteiger partial charge < -0.3 is 9.84 Å². The van der Waals surface area contributed by atoms with E-state index in [1.165, 1.54) is 24.3 Å². The normalized spacial score (nSPS) is 10.7. The fourth-order valence-electron chi connectivity index (χ4n) is 2.56. The monoisotopic (exact) mass is 311 g/mol. The molecule has 0 radical (unpaired) electrons. The van der Waals surface area contributed by atoms with Crippen molar-refractivity contribution >= 4 is 16.9 Å². The summed E-state index contributed by atoms with van der Waals surface area (Å²) in [5, 5.41) is 9.70. The number of carboxylic acid groups (broad SMARTS) is 1. The van der Waals surface area contributed by atoms with Crippen LogP contribution in [-0.2, 0) is 0 Å². The van der Waals surface area contributed by atoms with Crippen LogP contribution in [0.15, 0.2) is 42.5 Å². The maximum atomic E-state index is 13.4. The van der Waals surface area contributed by atoms with Crippen LogP contribution < -0.4 is 4.74 Å². The zero-order valence-electron chi connectivity index (χ0n) is 12.6. The van der Waals surface area contributed by atoms with Gasteiger partial charge in [-0.15, -0.1) is 0 Å². The fourth-order valence-corrected chi connectivity index (χ4v) is 2.56. The summed E-state index contributed by atoms with van der Waals surface area (Å²) in [7, 11) is 1.59. The third-order valence-corrected chi connectivity index (χ3v) is 3.69. The standard InChI is InChI=1S/C18H14FNO3/c1-10-7-11(3-6-17(10)23-2)16-9-14(18(21)22)13-8-12(19)4-5-15(13)20-16/h3-9H,1-2H3,(H,21,22). The molecule has 0 amide bonds. The number of aryl methyl sites for hydroxylation is 1. The Morgan fingerprint density at radius 3 is 2.61 bits per heavy atom. The van der Waals surface area contributed by atoms with Crippen molar-refractivity contribution in [2.45, 2.75) is 6.92 Å². The molecule has 2 aromatic carbocycles. The minimum atomic E-state index is -1.12. The van der Waals surface area contributed by atoms with Crippen molar-refractivity contribution in [2.24, 2.45) is 0 Å². The molecule has 0 aliphatic carbocycles. The largest absolute Gasteiger partial charge is 0.496 e. The lowest BCUT2D eigenvalue weighted by atomic mass is 10.0. The second-order valence-electron chi connectivity index (χ2n) is 5.21. The Kier molecular flexibility index (Phi) is 3.70. The van der Waals surface area contributed by atoms with E-state index < -0.39 is 11.8 Å². The molecule has 1 heterocycles. The molecule has 0 saturated heterocycles. The lowest BCUT2D eigenvalue weighted by Gasteiger charge is -2.10. The third kappa shape index (κ3) is 2.73. The van der Waals surface area contributed by atoms with Gasteiger partial charge in [0, 0.05) is 10.9 Å². The smallest absolute Gasteiger partial charge is 0.336 e. The van der Waals surface area contributed by atoms with E-state index in [1.807, 2.05) is 25.1 Å². The number of methoxy groups -OCH3 is 1. The lowest BCUT2D eigenvalue weighted by molar-refractivity contribution is 0.0699. The molecule has 0 spiro atoms. The molecule has 0 aliphatic rings. The average Bonchev–Trinajstić information content (AvgIpc) is 2.53. The van der Waals surface area contributed by atoms with Gasteiger partial charge in [0.25, 0.3) is 0 Å². The minimum absolute atomic E-state index is 0.0259. The number of pyridine rings is 1.